The molecule has 0 fully saturated rings. The molecule has 0 saturated carbocycles. The Kier molecular flexibility index (Phi) is 4.48. The summed E-state index contributed by atoms with van der Waals surface area (Å²) in [6.45, 7) is 1.33. The number of hydrogen-bond acceptors (Lipinski definition) is 6. The van der Waals surface area contributed by atoms with Crippen LogP contribution in [0.2, 0.25) is 0 Å². The third-order valence-electron chi connectivity index (χ3n) is 2.74. The Hall–Kier alpha value is -2.64. The van der Waals surface area contributed by atoms with Crippen LogP contribution in [-0.4, -0.2) is 33.3 Å². The molecule has 0 spiro atoms. The van der Waals surface area contributed by atoms with E-state index in [0.29, 0.717) is 12.4 Å². The fourth-order valence-corrected chi connectivity index (χ4v) is 1.75. The molecular weight excluding hydrogens is 260 g/mol. The molecule has 0 aromatic carbocycles. The van der Waals surface area contributed by atoms with E-state index in [1.54, 1.807) is 19.3 Å². The molecule has 0 radical (unpaired) electrons. The molecule has 0 bridgehead atoms. The number of nitro groups is 1. The number of nitrogens with one attached hydrogen (secondary N) is 2. The molecule has 0 amide bonds. The van der Waals surface area contributed by atoms with Gasteiger partial charge in [0, 0.05) is 38.6 Å². The van der Waals surface area contributed by atoms with Crippen LogP contribution in [0.5, 0.6) is 0 Å². The Morgan fingerprint density at radius 1 is 1.45 bits per heavy atom. The van der Waals surface area contributed by atoms with Crippen LogP contribution >= 0.6 is 0 Å². The van der Waals surface area contributed by atoms with Crippen LogP contribution in [0.1, 0.15) is 6.42 Å². The van der Waals surface area contributed by atoms with E-state index in [-0.39, 0.29) is 11.5 Å². The summed E-state index contributed by atoms with van der Waals surface area (Å²) in [7, 11) is 1.72. The first-order valence-corrected chi connectivity index (χ1v) is 6.25. The van der Waals surface area contributed by atoms with E-state index in [1.165, 1.54) is 6.07 Å². The van der Waals surface area contributed by atoms with E-state index in [1.807, 2.05) is 16.9 Å². The van der Waals surface area contributed by atoms with Crippen LogP contribution in [-0.2, 0) is 6.54 Å². The lowest BCUT2D eigenvalue weighted by atomic mass is 10.3. The number of rotatable bonds is 7. The molecule has 106 valence electrons. The highest BCUT2D eigenvalue weighted by atomic mass is 16.6. The third kappa shape index (κ3) is 3.44. The largest absolute Gasteiger partial charge is 0.373 e. The molecule has 2 rings (SSSR count). The molecule has 8 heteroatoms. The number of nitrogens with zero attached hydrogens (tertiary/aromatic N) is 4. The van der Waals surface area contributed by atoms with Crippen molar-refractivity contribution in [2.75, 3.05) is 24.2 Å². The smallest absolute Gasteiger partial charge is 0.311 e. The summed E-state index contributed by atoms with van der Waals surface area (Å²) in [5, 5.41) is 20.9. The van der Waals surface area contributed by atoms with Crippen LogP contribution in [0, 0.1) is 10.1 Å². The molecule has 2 heterocycles. The fourth-order valence-electron chi connectivity index (χ4n) is 1.75. The summed E-state index contributed by atoms with van der Waals surface area (Å²) in [5.74, 6) is 0.868. The molecule has 20 heavy (non-hydrogen) atoms. The molecule has 2 aromatic heterocycles. The minimum atomic E-state index is -0.442. The van der Waals surface area contributed by atoms with Crippen LogP contribution in [0.25, 0.3) is 0 Å². The summed E-state index contributed by atoms with van der Waals surface area (Å²) >= 11 is 0. The molecule has 2 N–H and O–H groups in total. The molecule has 0 atom stereocenters. The van der Waals surface area contributed by atoms with Gasteiger partial charge in [-0.3, -0.25) is 14.8 Å². The zero-order valence-corrected chi connectivity index (χ0v) is 11.1. The van der Waals surface area contributed by atoms with Crippen molar-refractivity contribution in [2.45, 2.75) is 13.0 Å². The van der Waals surface area contributed by atoms with Crippen molar-refractivity contribution in [2.24, 2.45) is 0 Å². The van der Waals surface area contributed by atoms with Gasteiger partial charge in [0.1, 0.15) is 5.82 Å². The lowest BCUT2D eigenvalue weighted by molar-refractivity contribution is -0.384. The number of aryl methyl sites for hydroxylation is 1. The lowest BCUT2D eigenvalue weighted by Crippen LogP contribution is -2.10. The van der Waals surface area contributed by atoms with Crippen LogP contribution in [0.4, 0.5) is 17.3 Å². The number of anilines is 2. The maximum absolute atomic E-state index is 10.9. The Bertz CT molecular complexity index is 569. The molecule has 0 saturated heterocycles. The first-order valence-electron chi connectivity index (χ1n) is 6.25. The first kappa shape index (κ1) is 13.8. The van der Waals surface area contributed by atoms with Crippen LogP contribution in [0.3, 0.4) is 0 Å². The average Bonchev–Trinajstić information content (AvgIpc) is 2.96. The Morgan fingerprint density at radius 2 is 2.30 bits per heavy atom. The van der Waals surface area contributed by atoms with E-state index in [0.717, 1.165) is 13.0 Å². The molecule has 0 aliphatic heterocycles. The molecule has 2 aromatic rings. The van der Waals surface area contributed by atoms with Gasteiger partial charge in [-0.15, -0.1) is 0 Å². The van der Waals surface area contributed by atoms with Crippen molar-refractivity contribution in [1.29, 1.82) is 0 Å². The second kappa shape index (κ2) is 6.50. The van der Waals surface area contributed by atoms with E-state index in [2.05, 4.69) is 20.7 Å². The summed E-state index contributed by atoms with van der Waals surface area (Å²) in [4.78, 5) is 14.7. The summed E-state index contributed by atoms with van der Waals surface area (Å²) in [6.07, 6.45) is 4.39. The van der Waals surface area contributed by atoms with Crippen molar-refractivity contribution in [3.8, 4) is 0 Å². The van der Waals surface area contributed by atoms with Gasteiger partial charge in [0.2, 0.25) is 5.82 Å². The van der Waals surface area contributed by atoms with Gasteiger partial charge in [0.05, 0.1) is 4.92 Å². The lowest BCUT2D eigenvalue weighted by Gasteiger charge is -2.08. The first-order chi connectivity index (χ1) is 9.70. The van der Waals surface area contributed by atoms with Gasteiger partial charge in [-0.05, 0) is 18.6 Å². The second-order valence-corrected chi connectivity index (χ2v) is 4.12. The van der Waals surface area contributed by atoms with Crippen LogP contribution < -0.4 is 10.6 Å². The SMILES string of the molecule is CNc1ccc([N+](=O)[O-])c(NCCCn2cccn2)n1. The standard InChI is InChI=1S/C12H16N6O2/c1-13-11-5-4-10(18(19)20)12(16-11)14-6-2-8-17-9-3-7-15-17/h3-5,7,9H,2,6,8H2,1H3,(H2,13,14,16). The summed E-state index contributed by atoms with van der Waals surface area (Å²) in [6, 6.07) is 4.87. The number of pyridine rings is 1. The highest BCUT2D eigenvalue weighted by molar-refractivity contribution is 5.60. The van der Waals surface area contributed by atoms with Crippen molar-refractivity contribution in [3.63, 3.8) is 0 Å². The topological polar surface area (TPSA) is 97.9 Å². The quantitative estimate of drug-likeness (QED) is 0.454. The summed E-state index contributed by atoms with van der Waals surface area (Å²) in [5.41, 5.74) is -0.0249. The second-order valence-electron chi connectivity index (χ2n) is 4.12. The normalized spacial score (nSPS) is 10.2. The van der Waals surface area contributed by atoms with Crippen molar-refractivity contribution >= 4 is 17.3 Å². The van der Waals surface area contributed by atoms with Gasteiger partial charge < -0.3 is 10.6 Å². The van der Waals surface area contributed by atoms with Crippen molar-refractivity contribution in [1.82, 2.24) is 14.8 Å². The summed E-state index contributed by atoms with van der Waals surface area (Å²) < 4.78 is 1.81. The van der Waals surface area contributed by atoms with Gasteiger partial charge in [-0.1, -0.05) is 0 Å². The molecule has 0 aliphatic rings. The zero-order chi connectivity index (χ0) is 14.4. The highest BCUT2D eigenvalue weighted by Crippen LogP contribution is 2.23. The Morgan fingerprint density at radius 3 is 2.95 bits per heavy atom. The number of hydrogen-bond donors (Lipinski definition) is 2. The minimum Gasteiger partial charge on any atom is -0.373 e. The molecular formula is C12H16N6O2. The Balaban J connectivity index is 1.95. The highest BCUT2D eigenvalue weighted by Gasteiger charge is 2.15. The predicted octanol–water partition coefficient (Wildman–Crippen LogP) is 1.73. The fraction of sp³-hybridized carbons (Fsp3) is 0.333. The maximum Gasteiger partial charge on any atom is 0.311 e. The minimum absolute atomic E-state index is 0.0249. The maximum atomic E-state index is 10.9. The average molecular weight is 276 g/mol. The number of aromatic nitrogens is 3. The van der Waals surface area contributed by atoms with Crippen molar-refractivity contribution < 1.29 is 4.92 Å². The molecule has 8 nitrogen and oxygen atoms in total. The molecule has 0 unspecified atom stereocenters. The molecule has 0 aliphatic carbocycles. The van der Waals surface area contributed by atoms with E-state index < -0.39 is 4.92 Å². The monoisotopic (exact) mass is 276 g/mol. The third-order valence-corrected chi connectivity index (χ3v) is 2.74. The van der Waals surface area contributed by atoms with Crippen LogP contribution in [0.15, 0.2) is 30.6 Å². The zero-order valence-electron chi connectivity index (χ0n) is 11.1. The van der Waals surface area contributed by atoms with Gasteiger partial charge in [0.15, 0.2) is 0 Å². The Labute approximate surface area is 116 Å². The van der Waals surface area contributed by atoms with E-state index >= 15 is 0 Å². The van der Waals surface area contributed by atoms with Gasteiger partial charge in [-0.25, -0.2) is 4.98 Å². The van der Waals surface area contributed by atoms with Gasteiger partial charge in [-0.2, -0.15) is 5.10 Å². The van der Waals surface area contributed by atoms with Crippen molar-refractivity contribution in [3.05, 3.63) is 40.7 Å². The van der Waals surface area contributed by atoms with Gasteiger partial charge >= 0.3 is 5.69 Å². The van der Waals surface area contributed by atoms with Gasteiger partial charge in [0.25, 0.3) is 0 Å². The van der Waals surface area contributed by atoms with E-state index in [9.17, 15) is 10.1 Å². The predicted molar refractivity (Wildman–Crippen MR) is 75.8 cm³/mol. The van der Waals surface area contributed by atoms with E-state index in [4.69, 9.17) is 0 Å².